The summed E-state index contributed by atoms with van der Waals surface area (Å²) >= 11 is 0. The second-order valence-corrected chi connectivity index (χ2v) is 4.31. The molecule has 0 saturated carbocycles. The Morgan fingerprint density at radius 2 is 2.30 bits per heavy atom. The van der Waals surface area contributed by atoms with E-state index in [0.717, 1.165) is 6.07 Å². The van der Waals surface area contributed by atoms with Gasteiger partial charge < -0.3 is 24.9 Å². The van der Waals surface area contributed by atoms with E-state index < -0.39 is 23.2 Å². The number of ether oxygens (including phenoxy) is 2. The standard InChI is InChI=1S/C11H11N3O6/c15-6-1-2-14-8(9(6)20-11(17)18)10(16)13-3-4-19-5-7(13)12-14/h1-2,7,12H,3-5H2,(H,17,18)/t7-/m0/s1. The molecule has 3 heterocycles. The van der Waals surface area contributed by atoms with Gasteiger partial charge in [-0.1, -0.05) is 0 Å². The maximum Gasteiger partial charge on any atom is 0.511 e. The molecule has 1 aromatic heterocycles. The molecule has 2 aliphatic heterocycles. The van der Waals surface area contributed by atoms with Gasteiger partial charge in [0.25, 0.3) is 5.91 Å². The molecular weight excluding hydrogens is 270 g/mol. The van der Waals surface area contributed by atoms with Gasteiger partial charge in [0.2, 0.25) is 11.2 Å². The lowest BCUT2D eigenvalue weighted by molar-refractivity contribution is -0.00316. The molecule has 1 saturated heterocycles. The summed E-state index contributed by atoms with van der Waals surface area (Å²) in [6.07, 6.45) is -0.645. The third-order valence-electron chi connectivity index (χ3n) is 3.12. The molecule has 3 rings (SSSR count). The number of hydrogen-bond donors (Lipinski definition) is 2. The summed E-state index contributed by atoms with van der Waals surface area (Å²) in [5.74, 6) is -0.964. The number of aromatic nitrogens is 1. The molecule has 1 fully saturated rings. The van der Waals surface area contributed by atoms with E-state index >= 15 is 0 Å². The van der Waals surface area contributed by atoms with E-state index in [1.54, 1.807) is 0 Å². The first-order valence-electron chi connectivity index (χ1n) is 5.89. The number of amides is 1. The van der Waals surface area contributed by atoms with Crippen molar-refractivity contribution < 1.29 is 24.2 Å². The average Bonchev–Trinajstić information content (AvgIpc) is 2.42. The molecule has 0 unspecified atom stereocenters. The van der Waals surface area contributed by atoms with Gasteiger partial charge in [0.15, 0.2) is 5.69 Å². The van der Waals surface area contributed by atoms with Crippen LogP contribution in [0.15, 0.2) is 17.1 Å². The first-order chi connectivity index (χ1) is 9.58. The Hall–Kier alpha value is -2.55. The molecule has 0 aromatic carbocycles. The van der Waals surface area contributed by atoms with Crippen LogP contribution >= 0.6 is 0 Å². The van der Waals surface area contributed by atoms with Crippen molar-refractivity contribution in [1.82, 2.24) is 9.58 Å². The summed E-state index contributed by atoms with van der Waals surface area (Å²) in [4.78, 5) is 36.3. The van der Waals surface area contributed by atoms with Gasteiger partial charge in [-0.2, -0.15) is 0 Å². The maximum atomic E-state index is 12.4. The van der Waals surface area contributed by atoms with Crippen LogP contribution in [-0.4, -0.2) is 52.7 Å². The van der Waals surface area contributed by atoms with E-state index in [0.29, 0.717) is 19.8 Å². The van der Waals surface area contributed by atoms with Crippen molar-refractivity contribution >= 4 is 12.1 Å². The monoisotopic (exact) mass is 281 g/mol. The van der Waals surface area contributed by atoms with Crippen LogP contribution in [0.1, 0.15) is 10.5 Å². The van der Waals surface area contributed by atoms with Crippen molar-refractivity contribution in [3.05, 3.63) is 28.2 Å². The number of nitrogens with zero attached hydrogens (tertiary/aromatic N) is 2. The molecular formula is C11H11N3O6. The molecule has 1 aromatic rings. The number of carbonyl (C=O) groups excluding carboxylic acids is 1. The highest BCUT2D eigenvalue weighted by molar-refractivity contribution is 5.97. The summed E-state index contributed by atoms with van der Waals surface area (Å²) in [6.45, 7) is 1.05. The van der Waals surface area contributed by atoms with E-state index in [9.17, 15) is 14.4 Å². The number of nitrogens with one attached hydrogen (secondary N) is 1. The molecule has 20 heavy (non-hydrogen) atoms. The molecule has 0 radical (unpaired) electrons. The van der Waals surface area contributed by atoms with Gasteiger partial charge in [-0.05, 0) is 0 Å². The number of morpholine rings is 1. The summed E-state index contributed by atoms with van der Waals surface area (Å²) in [7, 11) is 0. The van der Waals surface area contributed by atoms with E-state index in [-0.39, 0.29) is 11.9 Å². The first kappa shape index (κ1) is 12.5. The first-order valence-corrected chi connectivity index (χ1v) is 5.89. The van der Waals surface area contributed by atoms with Crippen LogP contribution in [0.2, 0.25) is 0 Å². The number of hydrogen-bond acceptors (Lipinski definition) is 6. The Bertz CT molecular complexity index is 640. The van der Waals surface area contributed by atoms with Gasteiger partial charge >= 0.3 is 6.16 Å². The molecule has 106 valence electrons. The highest BCUT2D eigenvalue weighted by Crippen LogP contribution is 2.22. The lowest BCUT2D eigenvalue weighted by Crippen LogP contribution is -2.59. The van der Waals surface area contributed by atoms with Crippen molar-refractivity contribution in [3.63, 3.8) is 0 Å². The van der Waals surface area contributed by atoms with Crippen LogP contribution in [0.5, 0.6) is 5.75 Å². The van der Waals surface area contributed by atoms with Gasteiger partial charge in [0.05, 0.1) is 13.2 Å². The zero-order valence-corrected chi connectivity index (χ0v) is 10.2. The summed E-state index contributed by atoms with van der Waals surface area (Å²) in [5, 5.41) is 8.68. The molecule has 9 nitrogen and oxygen atoms in total. The van der Waals surface area contributed by atoms with Crippen molar-refractivity contribution in [3.8, 4) is 5.75 Å². The molecule has 1 atom stereocenters. The molecule has 2 aliphatic rings. The van der Waals surface area contributed by atoms with Crippen LogP contribution in [0.25, 0.3) is 0 Å². The number of fused-ring (bicyclic) bond motifs is 2. The molecule has 2 N–H and O–H groups in total. The van der Waals surface area contributed by atoms with Crippen LogP contribution in [0.3, 0.4) is 0 Å². The third kappa shape index (κ3) is 1.88. The van der Waals surface area contributed by atoms with Crippen LogP contribution in [0.4, 0.5) is 4.79 Å². The fourth-order valence-electron chi connectivity index (χ4n) is 2.26. The molecule has 0 spiro atoms. The van der Waals surface area contributed by atoms with E-state index in [1.165, 1.54) is 15.8 Å². The zero-order valence-electron chi connectivity index (χ0n) is 10.2. The largest absolute Gasteiger partial charge is 0.511 e. The predicted molar refractivity (Wildman–Crippen MR) is 64.4 cm³/mol. The van der Waals surface area contributed by atoms with Crippen molar-refractivity contribution in [2.24, 2.45) is 0 Å². The summed E-state index contributed by atoms with van der Waals surface area (Å²) in [5.41, 5.74) is 2.16. The zero-order chi connectivity index (χ0) is 14.3. The Labute approximate surface area is 112 Å². The fraction of sp³-hybridized carbons (Fsp3) is 0.364. The Morgan fingerprint density at radius 1 is 1.50 bits per heavy atom. The van der Waals surface area contributed by atoms with Crippen molar-refractivity contribution in [2.45, 2.75) is 6.17 Å². The molecule has 0 bridgehead atoms. The average molecular weight is 281 g/mol. The minimum atomic E-state index is -1.65. The predicted octanol–water partition coefficient (Wildman–Crippen LogP) is -0.739. The van der Waals surface area contributed by atoms with Gasteiger partial charge in [0.1, 0.15) is 6.17 Å². The van der Waals surface area contributed by atoms with Crippen molar-refractivity contribution in [1.29, 1.82) is 0 Å². The smallest absolute Gasteiger partial charge is 0.449 e. The lowest BCUT2D eigenvalue weighted by Gasteiger charge is -2.41. The van der Waals surface area contributed by atoms with Crippen LogP contribution in [0, 0.1) is 0 Å². The SMILES string of the molecule is O=C(O)Oc1c2n(ccc1=O)N[C@@H]1COCCN1C2=O. The molecule has 9 heteroatoms. The lowest BCUT2D eigenvalue weighted by atomic mass is 10.2. The number of carboxylic acid groups (broad SMARTS) is 1. The second kappa shape index (κ2) is 4.53. The van der Waals surface area contributed by atoms with Crippen LogP contribution in [-0.2, 0) is 4.74 Å². The molecule has 0 aliphatic carbocycles. The third-order valence-corrected chi connectivity index (χ3v) is 3.12. The summed E-state index contributed by atoms with van der Waals surface area (Å²) in [6, 6.07) is 1.13. The Balaban J connectivity index is 2.10. The number of pyridine rings is 1. The van der Waals surface area contributed by atoms with Gasteiger partial charge in [-0.25, -0.2) is 4.79 Å². The van der Waals surface area contributed by atoms with Gasteiger partial charge in [-0.15, -0.1) is 0 Å². The highest BCUT2D eigenvalue weighted by Gasteiger charge is 2.37. The molecule has 1 amide bonds. The van der Waals surface area contributed by atoms with E-state index in [4.69, 9.17) is 9.84 Å². The second-order valence-electron chi connectivity index (χ2n) is 4.31. The van der Waals surface area contributed by atoms with Gasteiger partial charge in [-0.3, -0.25) is 14.3 Å². The minimum Gasteiger partial charge on any atom is -0.449 e. The topological polar surface area (TPSA) is 110 Å². The minimum absolute atomic E-state index is 0.127. The normalized spacial score (nSPS) is 20.7. The maximum absolute atomic E-state index is 12.4. The Kier molecular flexibility index (Phi) is 2.83. The van der Waals surface area contributed by atoms with Gasteiger partial charge in [0, 0.05) is 18.8 Å². The quantitative estimate of drug-likeness (QED) is 0.652. The van der Waals surface area contributed by atoms with E-state index in [1.807, 2.05) is 0 Å². The van der Waals surface area contributed by atoms with Crippen LogP contribution < -0.4 is 15.6 Å². The number of rotatable bonds is 1. The fourth-order valence-corrected chi connectivity index (χ4v) is 2.26. The highest BCUT2D eigenvalue weighted by atomic mass is 16.7. The van der Waals surface area contributed by atoms with Crippen molar-refractivity contribution in [2.75, 3.05) is 25.2 Å². The Morgan fingerprint density at radius 3 is 3.05 bits per heavy atom. The number of carbonyl (C=O) groups is 2. The van der Waals surface area contributed by atoms with E-state index in [2.05, 4.69) is 10.2 Å². The summed E-state index contributed by atoms with van der Waals surface area (Å²) < 4.78 is 11.0.